The van der Waals surface area contributed by atoms with Gasteiger partial charge in [-0.2, -0.15) is 0 Å². The molecule has 0 saturated carbocycles. The van der Waals surface area contributed by atoms with E-state index in [1.165, 1.54) is 0 Å². The van der Waals surface area contributed by atoms with E-state index in [2.05, 4.69) is 10.3 Å². The number of halogens is 1. The summed E-state index contributed by atoms with van der Waals surface area (Å²) in [4.78, 5) is 6.23. The van der Waals surface area contributed by atoms with Gasteiger partial charge in [-0.15, -0.1) is 24.0 Å². The van der Waals surface area contributed by atoms with Crippen LogP contribution in [0, 0.1) is 0 Å². The van der Waals surface area contributed by atoms with Gasteiger partial charge in [0.2, 0.25) is 0 Å². The minimum atomic E-state index is 0. The van der Waals surface area contributed by atoms with Crippen molar-refractivity contribution in [2.24, 2.45) is 4.99 Å². The Balaban J connectivity index is 0.00000361. The van der Waals surface area contributed by atoms with Gasteiger partial charge >= 0.3 is 0 Å². The smallest absolute Gasteiger partial charge is 0.193 e. The average molecular weight is 393 g/mol. The molecule has 0 spiro atoms. The number of guanidine groups is 1. The van der Waals surface area contributed by atoms with E-state index >= 15 is 0 Å². The van der Waals surface area contributed by atoms with Crippen LogP contribution in [0.15, 0.2) is 35.3 Å². The molecule has 0 radical (unpaired) electrons. The minimum absolute atomic E-state index is 0. The lowest BCUT2D eigenvalue weighted by atomic mass is 10.3. The third-order valence-electron chi connectivity index (χ3n) is 2.60. The Morgan fingerprint density at radius 1 is 1.25 bits per heavy atom. The molecular weight excluding hydrogens is 369 g/mol. The second kappa shape index (κ2) is 11.8. The van der Waals surface area contributed by atoms with E-state index < -0.39 is 0 Å². The molecule has 0 atom stereocenters. The highest BCUT2D eigenvalue weighted by Crippen LogP contribution is 2.07. The largest absolute Gasteiger partial charge is 0.492 e. The van der Waals surface area contributed by atoms with E-state index in [0.717, 1.165) is 24.8 Å². The molecule has 6 heteroatoms. The molecule has 114 valence electrons. The van der Waals surface area contributed by atoms with Crippen molar-refractivity contribution in [1.82, 2.24) is 10.2 Å². The number of nitrogens with zero attached hydrogens (tertiary/aromatic N) is 2. The third-order valence-corrected chi connectivity index (χ3v) is 2.60. The zero-order chi connectivity index (χ0) is 13.9. The summed E-state index contributed by atoms with van der Waals surface area (Å²) >= 11 is 0. The molecule has 0 unspecified atom stereocenters. The number of rotatable bonds is 7. The standard InChI is InChI=1S/C14H23N3O2.HI/c1-15-14(16-9-11-18-3)17(2)10-12-19-13-7-5-4-6-8-13;/h4-8H,9-12H2,1-3H3,(H,15,16);1H. The van der Waals surface area contributed by atoms with Crippen LogP contribution in [0.1, 0.15) is 0 Å². The molecule has 1 N–H and O–H groups in total. The van der Waals surface area contributed by atoms with Crippen molar-refractivity contribution in [1.29, 1.82) is 0 Å². The summed E-state index contributed by atoms with van der Waals surface area (Å²) in [6.07, 6.45) is 0. The Morgan fingerprint density at radius 3 is 2.55 bits per heavy atom. The Labute approximate surface area is 138 Å². The summed E-state index contributed by atoms with van der Waals surface area (Å²) in [5, 5.41) is 3.21. The molecule has 0 fully saturated rings. The van der Waals surface area contributed by atoms with E-state index in [-0.39, 0.29) is 24.0 Å². The van der Waals surface area contributed by atoms with Crippen LogP contribution in [0.3, 0.4) is 0 Å². The van der Waals surface area contributed by atoms with Gasteiger partial charge in [0.25, 0.3) is 0 Å². The lowest BCUT2D eigenvalue weighted by Gasteiger charge is -2.22. The van der Waals surface area contributed by atoms with Gasteiger partial charge in [-0.05, 0) is 12.1 Å². The van der Waals surface area contributed by atoms with Gasteiger partial charge in [0.15, 0.2) is 5.96 Å². The fourth-order valence-corrected chi connectivity index (χ4v) is 1.57. The van der Waals surface area contributed by atoms with Crippen LogP contribution >= 0.6 is 24.0 Å². The maximum atomic E-state index is 5.65. The number of ether oxygens (including phenoxy) is 2. The predicted octanol–water partition coefficient (Wildman–Crippen LogP) is 1.84. The molecule has 0 heterocycles. The maximum Gasteiger partial charge on any atom is 0.193 e. The Morgan fingerprint density at radius 2 is 1.95 bits per heavy atom. The number of aliphatic imine (C=N–C) groups is 1. The first-order valence-corrected chi connectivity index (χ1v) is 6.36. The molecular formula is C14H24IN3O2. The number of para-hydroxylation sites is 1. The van der Waals surface area contributed by atoms with Crippen LogP contribution in [0.2, 0.25) is 0 Å². The number of nitrogens with one attached hydrogen (secondary N) is 1. The Bertz CT molecular complexity index is 374. The summed E-state index contributed by atoms with van der Waals surface area (Å²) < 4.78 is 10.6. The highest BCUT2D eigenvalue weighted by Gasteiger charge is 2.04. The van der Waals surface area contributed by atoms with Gasteiger partial charge in [-0.1, -0.05) is 18.2 Å². The summed E-state index contributed by atoms with van der Waals surface area (Å²) in [5.74, 6) is 1.73. The first-order chi connectivity index (χ1) is 9.27. The average Bonchev–Trinajstić information content (AvgIpc) is 2.44. The molecule has 5 nitrogen and oxygen atoms in total. The maximum absolute atomic E-state index is 5.65. The molecule has 1 rings (SSSR count). The molecule has 0 saturated heterocycles. The monoisotopic (exact) mass is 393 g/mol. The minimum Gasteiger partial charge on any atom is -0.492 e. The summed E-state index contributed by atoms with van der Waals surface area (Å²) in [6.45, 7) is 2.79. The molecule has 0 aliphatic carbocycles. The molecule has 1 aromatic rings. The highest BCUT2D eigenvalue weighted by molar-refractivity contribution is 14.0. The van der Waals surface area contributed by atoms with Gasteiger partial charge < -0.3 is 19.7 Å². The van der Waals surface area contributed by atoms with Crippen LogP contribution in [0.4, 0.5) is 0 Å². The van der Waals surface area contributed by atoms with Crippen molar-refractivity contribution in [3.05, 3.63) is 30.3 Å². The van der Waals surface area contributed by atoms with Crippen molar-refractivity contribution in [2.75, 3.05) is 47.5 Å². The molecule has 0 amide bonds. The van der Waals surface area contributed by atoms with Crippen LogP contribution < -0.4 is 10.1 Å². The van der Waals surface area contributed by atoms with E-state index in [0.29, 0.717) is 13.2 Å². The van der Waals surface area contributed by atoms with Crippen molar-refractivity contribution < 1.29 is 9.47 Å². The Kier molecular flexibility index (Phi) is 11.2. The summed E-state index contributed by atoms with van der Waals surface area (Å²) in [6, 6.07) is 9.80. The fraction of sp³-hybridized carbons (Fsp3) is 0.500. The lowest BCUT2D eigenvalue weighted by Crippen LogP contribution is -2.42. The first-order valence-electron chi connectivity index (χ1n) is 6.36. The topological polar surface area (TPSA) is 46.1 Å². The van der Waals surface area contributed by atoms with Crippen molar-refractivity contribution >= 4 is 29.9 Å². The second-order valence-electron chi connectivity index (χ2n) is 4.05. The van der Waals surface area contributed by atoms with Crippen molar-refractivity contribution in [3.8, 4) is 5.75 Å². The van der Waals surface area contributed by atoms with E-state index in [1.54, 1.807) is 14.2 Å². The molecule has 1 aromatic carbocycles. The lowest BCUT2D eigenvalue weighted by molar-refractivity contribution is 0.202. The highest BCUT2D eigenvalue weighted by atomic mass is 127. The van der Waals surface area contributed by atoms with Gasteiger partial charge in [0.1, 0.15) is 12.4 Å². The predicted molar refractivity (Wildman–Crippen MR) is 93.2 cm³/mol. The first kappa shape index (κ1) is 19.0. The number of methoxy groups -OCH3 is 1. The van der Waals surface area contributed by atoms with E-state index in [1.807, 2.05) is 42.3 Å². The molecule has 0 aromatic heterocycles. The van der Waals surface area contributed by atoms with E-state index in [9.17, 15) is 0 Å². The van der Waals surface area contributed by atoms with Crippen LogP contribution in [-0.4, -0.2) is 58.4 Å². The summed E-state index contributed by atoms with van der Waals surface area (Å²) in [5.41, 5.74) is 0. The molecule has 20 heavy (non-hydrogen) atoms. The quantitative estimate of drug-likeness (QED) is 0.333. The second-order valence-corrected chi connectivity index (χ2v) is 4.05. The zero-order valence-electron chi connectivity index (χ0n) is 12.3. The van der Waals surface area contributed by atoms with Crippen LogP contribution in [0.5, 0.6) is 5.75 Å². The number of hydrogen-bond donors (Lipinski definition) is 1. The normalized spacial score (nSPS) is 10.7. The van der Waals surface area contributed by atoms with Gasteiger partial charge in [0.05, 0.1) is 13.2 Å². The van der Waals surface area contributed by atoms with Gasteiger partial charge in [-0.3, -0.25) is 4.99 Å². The number of benzene rings is 1. The molecule has 0 bridgehead atoms. The SMILES string of the molecule is CN=C(NCCOC)N(C)CCOc1ccccc1.I. The Hall–Kier alpha value is -1.02. The zero-order valence-corrected chi connectivity index (χ0v) is 14.7. The van der Waals surface area contributed by atoms with Crippen molar-refractivity contribution in [3.63, 3.8) is 0 Å². The van der Waals surface area contributed by atoms with Gasteiger partial charge in [-0.25, -0.2) is 0 Å². The van der Waals surface area contributed by atoms with Gasteiger partial charge in [0, 0.05) is 27.7 Å². The number of likely N-dealkylation sites (N-methyl/N-ethyl adjacent to an activating group) is 1. The van der Waals surface area contributed by atoms with E-state index in [4.69, 9.17) is 9.47 Å². The third kappa shape index (κ3) is 7.54. The molecule has 0 aliphatic rings. The number of hydrogen-bond acceptors (Lipinski definition) is 3. The van der Waals surface area contributed by atoms with Crippen LogP contribution in [0.25, 0.3) is 0 Å². The van der Waals surface area contributed by atoms with Crippen molar-refractivity contribution in [2.45, 2.75) is 0 Å². The summed E-state index contributed by atoms with van der Waals surface area (Å²) in [7, 11) is 5.43. The fourth-order valence-electron chi connectivity index (χ4n) is 1.57. The molecule has 0 aliphatic heterocycles. The van der Waals surface area contributed by atoms with Crippen LogP contribution in [-0.2, 0) is 4.74 Å².